The van der Waals surface area contributed by atoms with E-state index in [0.717, 1.165) is 49.6 Å². The first kappa shape index (κ1) is 46.8. The van der Waals surface area contributed by atoms with E-state index in [1.54, 1.807) is 25.1 Å². The summed E-state index contributed by atoms with van der Waals surface area (Å²) < 4.78 is 25.7. The van der Waals surface area contributed by atoms with Crippen molar-refractivity contribution >= 4 is 29.3 Å². The van der Waals surface area contributed by atoms with Gasteiger partial charge in [-0.25, -0.2) is 0 Å². The van der Waals surface area contributed by atoms with Crippen molar-refractivity contribution in [3.63, 3.8) is 0 Å². The Bertz CT molecular complexity index is 2240. The van der Waals surface area contributed by atoms with Gasteiger partial charge in [0.15, 0.2) is 11.5 Å². The lowest BCUT2D eigenvalue weighted by Crippen LogP contribution is -2.64. The van der Waals surface area contributed by atoms with Gasteiger partial charge in [-0.2, -0.15) is 0 Å². The summed E-state index contributed by atoms with van der Waals surface area (Å²) in [7, 11) is 2.19. The Balaban J connectivity index is 0.000000131. The number of benzene rings is 3. The highest BCUT2D eigenvalue weighted by atomic mass is 32.1. The number of phenolic OH excluding ortho intramolecular Hbond substituents is 2. The average molecular weight is 898 g/mol. The molecule has 4 saturated heterocycles. The van der Waals surface area contributed by atoms with Crippen molar-refractivity contribution < 1.29 is 44.2 Å². The van der Waals surface area contributed by atoms with Gasteiger partial charge in [0.1, 0.15) is 24.1 Å². The molecule has 7 atom stereocenters. The largest absolute Gasteiger partial charge is 0.508 e. The molecule has 7 aliphatic rings. The number of likely N-dealkylation sites (N-methyl/N-ethyl adjacent to an activating group) is 1. The van der Waals surface area contributed by atoms with Crippen LogP contribution in [0.15, 0.2) is 72.8 Å². The van der Waals surface area contributed by atoms with Gasteiger partial charge in [0.25, 0.3) is 11.8 Å². The van der Waals surface area contributed by atoms with Crippen molar-refractivity contribution in [3.8, 4) is 29.0 Å². The maximum Gasteiger partial charge on any atom is 0.310 e. The van der Waals surface area contributed by atoms with E-state index < -0.39 is 18.0 Å². The molecule has 15 heteroatoms. The van der Waals surface area contributed by atoms with Crippen molar-refractivity contribution in [1.82, 2.24) is 18.5 Å². The van der Waals surface area contributed by atoms with Crippen molar-refractivity contribution in [2.24, 2.45) is 17.8 Å². The van der Waals surface area contributed by atoms with Crippen LogP contribution in [0.3, 0.4) is 0 Å². The second kappa shape index (κ2) is 20.3. The molecule has 2 unspecified atom stereocenters. The number of carboxylic acid groups (broad SMARTS) is 1. The molecular formula is C49H63N5O9S. The number of rotatable bonds is 9. The summed E-state index contributed by atoms with van der Waals surface area (Å²) in [5, 5.41) is 41.0. The molecule has 4 bridgehead atoms. The van der Waals surface area contributed by atoms with Gasteiger partial charge in [0, 0.05) is 42.1 Å². The van der Waals surface area contributed by atoms with E-state index in [2.05, 4.69) is 50.8 Å². The number of hydrogen-bond donors (Lipinski definition) is 5. The molecule has 64 heavy (non-hydrogen) atoms. The summed E-state index contributed by atoms with van der Waals surface area (Å²) in [6.07, 6.45) is 8.97. The van der Waals surface area contributed by atoms with Crippen LogP contribution in [-0.2, 0) is 27.8 Å². The lowest BCUT2D eigenvalue weighted by Gasteiger charge is -2.56. The van der Waals surface area contributed by atoms with Crippen molar-refractivity contribution in [3.05, 3.63) is 95.1 Å². The van der Waals surface area contributed by atoms with E-state index in [-0.39, 0.29) is 35.0 Å². The number of phenols is 2. The number of aromatic hydroxyl groups is 2. The number of likely N-dealkylation sites (tertiary alicyclic amines) is 1. The van der Waals surface area contributed by atoms with Crippen LogP contribution >= 0.6 is 11.7 Å². The molecule has 6 heterocycles. The predicted molar refractivity (Wildman–Crippen MR) is 246 cm³/mol. The number of carbonyl (C=O) groups excluding carboxylic acids is 1. The number of ether oxygens (including phenoxy) is 3. The number of aliphatic hydroxyl groups is 1. The quantitative estimate of drug-likeness (QED) is 0.0853. The number of hydrogen-bond acceptors (Lipinski definition) is 13. The van der Waals surface area contributed by atoms with E-state index in [1.807, 2.05) is 43.3 Å². The number of carbonyl (C=O) groups is 2. The first-order valence-corrected chi connectivity index (χ1v) is 23.2. The summed E-state index contributed by atoms with van der Waals surface area (Å²) in [6.45, 7) is 14.5. The molecule has 2 aliphatic carbocycles. The van der Waals surface area contributed by atoms with Crippen LogP contribution in [0.25, 0.3) is 0 Å². The van der Waals surface area contributed by atoms with E-state index in [1.165, 1.54) is 61.7 Å². The number of fused-ring (bicyclic) bond motifs is 3. The fraction of sp³-hybridized carbons (Fsp3) is 0.510. The molecule has 1 amide bonds. The minimum Gasteiger partial charge on any atom is -0.508 e. The molecule has 5 aliphatic heterocycles. The highest BCUT2D eigenvalue weighted by Gasteiger charge is 2.64. The van der Waals surface area contributed by atoms with Crippen LogP contribution in [0.5, 0.6) is 29.0 Å². The van der Waals surface area contributed by atoms with Gasteiger partial charge in [-0.15, -0.1) is 8.75 Å². The van der Waals surface area contributed by atoms with Crippen molar-refractivity contribution in [2.75, 3.05) is 45.2 Å². The second-order valence-electron chi connectivity index (χ2n) is 18.2. The van der Waals surface area contributed by atoms with Crippen LogP contribution in [0.2, 0.25) is 0 Å². The van der Waals surface area contributed by atoms with Gasteiger partial charge < -0.3 is 44.9 Å². The third kappa shape index (κ3) is 10.2. The topological polar surface area (TPSA) is 187 Å². The predicted octanol–water partition coefficient (Wildman–Crippen LogP) is 7.03. The monoisotopic (exact) mass is 897 g/mol. The zero-order valence-electron chi connectivity index (χ0n) is 37.6. The average Bonchev–Trinajstić information content (AvgIpc) is 3.87. The fourth-order valence-corrected chi connectivity index (χ4v) is 10.6. The maximum absolute atomic E-state index is 10.8. The Morgan fingerprint density at radius 3 is 2.30 bits per heavy atom. The Kier molecular flexibility index (Phi) is 14.8. The number of aliphatic carboxylic acids is 1. The molecule has 1 aromatic heterocycles. The Hall–Kier alpha value is -5.22. The van der Waals surface area contributed by atoms with Crippen LogP contribution in [-0.4, -0.2) is 115 Å². The number of nitrogens with one attached hydrogen (secondary N) is 1. The molecule has 1 spiro atoms. The molecule has 0 saturated carbocycles. The van der Waals surface area contributed by atoms with E-state index in [0.29, 0.717) is 53.6 Å². The van der Waals surface area contributed by atoms with E-state index >= 15 is 0 Å². The number of anilines is 1. The summed E-state index contributed by atoms with van der Waals surface area (Å²) in [4.78, 5) is 26.2. The lowest BCUT2D eigenvalue weighted by atomic mass is 9.53. The Morgan fingerprint density at radius 2 is 1.67 bits per heavy atom. The summed E-state index contributed by atoms with van der Waals surface area (Å²) in [5.74, 6) is 2.52. The third-order valence-electron chi connectivity index (χ3n) is 13.4. The molecule has 4 aromatic rings. The zero-order valence-corrected chi connectivity index (χ0v) is 38.5. The lowest BCUT2D eigenvalue weighted by molar-refractivity contribution is -0.138. The molecule has 5 N–H and O–H groups in total. The minimum absolute atomic E-state index is 0.115. The highest BCUT2D eigenvalue weighted by Crippen LogP contribution is 2.62. The molecular weight excluding hydrogens is 835 g/mol. The number of nitrogens with zero attached hydrogens (tertiary/aromatic N) is 4. The third-order valence-corrected chi connectivity index (χ3v) is 13.9. The number of aromatic nitrogens is 2. The van der Waals surface area contributed by atoms with Gasteiger partial charge in [0.2, 0.25) is 5.91 Å². The number of aliphatic hydroxyl groups excluding tert-OH is 1. The van der Waals surface area contributed by atoms with Gasteiger partial charge in [-0.05, 0) is 131 Å². The molecule has 4 fully saturated rings. The Morgan fingerprint density at radius 1 is 0.969 bits per heavy atom. The van der Waals surface area contributed by atoms with Crippen LogP contribution < -0.4 is 19.5 Å². The first-order valence-electron chi connectivity index (χ1n) is 22.5. The molecule has 3 aromatic carbocycles. The van der Waals surface area contributed by atoms with Gasteiger partial charge >= 0.3 is 5.97 Å². The molecule has 344 valence electrons. The number of piperidine rings is 4. The number of amides is 1. The van der Waals surface area contributed by atoms with E-state index in [4.69, 9.17) is 24.4 Å². The van der Waals surface area contributed by atoms with Crippen molar-refractivity contribution in [1.29, 1.82) is 0 Å². The highest BCUT2D eigenvalue weighted by molar-refractivity contribution is 6.99. The fourth-order valence-electron chi connectivity index (χ4n) is 10.2. The zero-order chi connectivity index (χ0) is 45.7. The van der Waals surface area contributed by atoms with Crippen LogP contribution in [0.4, 0.5) is 5.69 Å². The van der Waals surface area contributed by atoms with Crippen LogP contribution in [0.1, 0.15) is 82.1 Å². The van der Waals surface area contributed by atoms with Gasteiger partial charge in [-0.1, -0.05) is 56.3 Å². The summed E-state index contributed by atoms with van der Waals surface area (Å²) in [6, 6.07) is 18.4. The first-order chi connectivity index (χ1) is 30.7. The van der Waals surface area contributed by atoms with Crippen LogP contribution in [0, 0.1) is 17.8 Å². The molecule has 14 nitrogen and oxygen atoms in total. The smallest absolute Gasteiger partial charge is 0.310 e. The Labute approximate surface area is 380 Å². The normalized spacial score (nSPS) is 26.9. The summed E-state index contributed by atoms with van der Waals surface area (Å²) in [5.41, 5.74) is 5.12. The summed E-state index contributed by atoms with van der Waals surface area (Å²) >= 11 is 1.15. The van der Waals surface area contributed by atoms with E-state index in [9.17, 15) is 19.8 Å². The van der Waals surface area contributed by atoms with Gasteiger partial charge in [0.05, 0.1) is 24.3 Å². The minimum atomic E-state index is -0.772. The van der Waals surface area contributed by atoms with Crippen molar-refractivity contribution in [2.45, 2.75) is 102 Å². The van der Waals surface area contributed by atoms with Gasteiger partial charge in [-0.3, -0.25) is 14.5 Å². The SMILES string of the molecule is CC(=O)Nc1ccc(O)cc1.CC(C)Cc1ccc(C(C)C(=O)O)cc1.CCOc1nsnc1OC1CN2CCC1CC2.CN1CC[C@]23c4c5ccc(O)c4O[C@H]2[C@@H](O)C=C[C@H]3[C@H]1C5. The maximum atomic E-state index is 10.8. The molecule has 0 radical (unpaired) electrons. The standard InChI is InChI=1S/C17H19NO3.C13H18O2.C11H17N3O2S.C8H9NO2/c1-18-7-6-17-10-3-5-13(20)16(17)21-15-12(19)4-2-9(14(15)17)8-11(10)18;1-9(2)8-11-4-6-12(7-5-11)10(3)13(14)15;1-2-15-10-11(13-17-12-10)16-9-7-14-5-3-8(9)4-6-14;1-6(10)9-7-2-4-8(11)5-3-7/h2-5,10-11,13,16,19-20H,6-8H2,1H3;4-7,9-10H,8H2,1-3H3,(H,14,15);8-9H,2-7H2,1H3;2-5,11H,1H3,(H,9,10)/t10-,11+,13-,16-,17-;;;/m0.../s1. The second-order valence-corrected chi connectivity index (χ2v) is 18.7. The number of carboxylic acids is 1. The molecule has 11 rings (SSSR count).